The Hall–Kier alpha value is -2.57. The zero-order chi connectivity index (χ0) is 20.9. The van der Waals surface area contributed by atoms with Gasteiger partial charge in [-0.2, -0.15) is 0 Å². The minimum Gasteiger partial charge on any atom is -0.491 e. The molecule has 1 saturated heterocycles. The van der Waals surface area contributed by atoms with E-state index in [1.165, 1.54) is 5.56 Å². The lowest BCUT2D eigenvalue weighted by atomic mass is 10.1. The van der Waals surface area contributed by atoms with Gasteiger partial charge in [0, 0.05) is 44.8 Å². The van der Waals surface area contributed by atoms with Gasteiger partial charge in [0.25, 0.3) is 5.91 Å². The molecule has 2 aromatic carbocycles. The molecule has 2 aromatic rings. The van der Waals surface area contributed by atoms with Crippen molar-refractivity contribution in [3.8, 4) is 11.5 Å². The number of likely N-dealkylation sites (N-methyl/N-ethyl adjacent to an activating group) is 1. The number of benzene rings is 2. The number of hydrogen-bond acceptors (Lipinski definition) is 5. The SMILES string of the molecule is C[C@H]1COc2ccc(CN3CCN(C)CC3)cc2CN1C(=O)COc1ccccc1. The van der Waals surface area contributed by atoms with Crippen LogP contribution in [-0.4, -0.2) is 73.1 Å². The molecule has 0 radical (unpaired) electrons. The number of hydrogen-bond donors (Lipinski definition) is 0. The summed E-state index contributed by atoms with van der Waals surface area (Å²) in [5, 5.41) is 0. The molecule has 2 aliphatic heterocycles. The summed E-state index contributed by atoms with van der Waals surface area (Å²) in [6, 6.07) is 15.9. The van der Waals surface area contributed by atoms with E-state index in [1.54, 1.807) is 0 Å². The highest BCUT2D eigenvalue weighted by Gasteiger charge is 2.26. The van der Waals surface area contributed by atoms with E-state index < -0.39 is 0 Å². The number of piperazine rings is 1. The first kappa shape index (κ1) is 20.7. The highest BCUT2D eigenvalue weighted by molar-refractivity contribution is 5.78. The summed E-state index contributed by atoms with van der Waals surface area (Å²) >= 11 is 0. The van der Waals surface area contributed by atoms with Crippen LogP contribution >= 0.6 is 0 Å². The first-order valence-corrected chi connectivity index (χ1v) is 10.7. The Bertz CT molecular complexity index is 850. The maximum absolute atomic E-state index is 12.9. The van der Waals surface area contributed by atoms with Crippen molar-refractivity contribution in [3.63, 3.8) is 0 Å². The van der Waals surface area contributed by atoms with Crippen LogP contribution in [0.5, 0.6) is 11.5 Å². The number of carbonyl (C=O) groups is 1. The first-order valence-electron chi connectivity index (χ1n) is 10.7. The van der Waals surface area contributed by atoms with Crippen LogP contribution in [0.3, 0.4) is 0 Å². The minimum atomic E-state index is -0.0210. The van der Waals surface area contributed by atoms with Gasteiger partial charge in [-0.05, 0) is 43.8 Å². The van der Waals surface area contributed by atoms with Crippen molar-refractivity contribution in [2.45, 2.75) is 26.1 Å². The van der Waals surface area contributed by atoms with Gasteiger partial charge in [0.2, 0.25) is 0 Å². The Labute approximate surface area is 179 Å². The summed E-state index contributed by atoms with van der Waals surface area (Å²) in [6.07, 6.45) is 0. The molecule has 1 amide bonds. The summed E-state index contributed by atoms with van der Waals surface area (Å²) in [7, 11) is 2.17. The molecule has 0 bridgehead atoms. The topological polar surface area (TPSA) is 45.2 Å². The smallest absolute Gasteiger partial charge is 0.261 e. The molecule has 6 heteroatoms. The highest BCUT2D eigenvalue weighted by atomic mass is 16.5. The third kappa shape index (κ3) is 5.12. The van der Waals surface area contributed by atoms with Crippen LogP contribution in [0, 0.1) is 0 Å². The van der Waals surface area contributed by atoms with Crippen LogP contribution in [0.1, 0.15) is 18.1 Å². The minimum absolute atomic E-state index is 0.00893. The Morgan fingerprint density at radius 2 is 1.87 bits per heavy atom. The molecule has 4 rings (SSSR count). The number of fused-ring (bicyclic) bond motifs is 1. The van der Waals surface area contributed by atoms with Gasteiger partial charge in [-0.3, -0.25) is 9.69 Å². The van der Waals surface area contributed by atoms with Gasteiger partial charge < -0.3 is 19.3 Å². The molecule has 160 valence electrons. The zero-order valence-corrected chi connectivity index (χ0v) is 17.9. The van der Waals surface area contributed by atoms with Crippen molar-refractivity contribution in [3.05, 3.63) is 59.7 Å². The fourth-order valence-electron chi connectivity index (χ4n) is 3.98. The van der Waals surface area contributed by atoms with E-state index in [-0.39, 0.29) is 18.6 Å². The fraction of sp³-hybridized carbons (Fsp3) is 0.458. The third-order valence-corrected chi connectivity index (χ3v) is 5.91. The number of amides is 1. The van der Waals surface area contributed by atoms with E-state index in [0.29, 0.717) is 18.9 Å². The van der Waals surface area contributed by atoms with Gasteiger partial charge in [0.15, 0.2) is 6.61 Å². The van der Waals surface area contributed by atoms with Crippen LogP contribution in [0.15, 0.2) is 48.5 Å². The highest BCUT2D eigenvalue weighted by Crippen LogP contribution is 2.27. The molecule has 0 unspecified atom stereocenters. The summed E-state index contributed by atoms with van der Waals surface area (Å²) in [6.45, 7) is 8.41. The van der Waals surface area contributed by atoms with Gasteiger partial charge in [0.1, 0.15) is 18.1 Å². The second kappa shape index (κ2) is 9.49. The number of carbonyl (C=O) groups excluding carboxylic acids is 1. The molecule has 2 heterocycles. The van der Waals surface area contributed by atoms with Crippen molar-refractivity contribution in [2.75, 3.05) is 46.4 Å². The molecule has 1 atom stereocenters. The second-order valence-corrected chi connectivity index (χ2v) is 8.30. The van der Waals surface area contributed by atoms with Crippen LogP contribution in [-0.2, 0) is 17.9 Å². The molecule has 30 heavy (non-hydrogen) atoms. The molecule has 2 aliphatic rings. The quantitative estimate of drug-likeness (QED) is 0.760. The van der Waals surface area contributed by atoms with Gasteiger partial charge in [-0.1, -0.05) is 24.3 Å². The molecule has 0 aromatic heterocycles. The Morgan fingerprint density at radius 1 is 1.10 bits per heavy atom. The van der Waals surface area contributed by atoms with Crippen molar-refractivity contribution in [2.24, 2.45) is 0 Å². The van der Waals surface area contributed by atoms with Crippen molar-refractivity contribution in [1.29, 1.82) is 0 Å². The molecule has 0 saturated carbocycles. The zero-order valence-electron chi connectivity index (χ0n) is 17.9. The van der Waals surface area contributed by atoms with E-state index in [0.717, 1.165) is 44.0 Å². The van der Waals surface area contributed by atoms with E-state index in [1.807, 2.05) is 42.2 Å². The summed E-state index contributed by atoms with van der Waals surface area (Å²) in [5.41, 5.74) is 2.34. The van der Waals surface area contributed by atoms with E-state index in [2.05, 4.69) is 35.0 Å². The number of ether oxygens (including phenoxy) is 2. The third-order valence-electron chi connectivity index (χ3n) is 5.91. The Morgan fingerprint density at radius 3 is 2.63 bits per heavy atom. The first-order chi connectivity index (χ1) is 14.6. The molecule has 0 spiro atoms. The second-order valence-electron chi connectivity index (χ2n) is 8.30. The fourth-order valence-corrected chi connectivity index (χ4v) is 3.98. The average Bonchev–Trinajstić information content (AvgIpc) is 2.93. The maximum Gasteiger partial charge on any atom is 0.261 e. The van der Waals surface area contributed by atoms with Crippen molar-refractivity contribution < 1.29 is 14.3 Å². The molecule has 0 N–H and O–H groups in total. The predicted octanol–water partition coefficient (Wildman–Crippen LogP) is 2.62. The lowest BCUT2D eigenvalue weighted by Crippen LogP contribution is -2.43. The maximum atomic E-state index is 12.9. The molecular weight excluding hydrogens is 378 g/mol. The lowest BCUT2D eigenvalue weighted by molar-refractivity contribution is -0.136. The van der Waals surface area contributed by atoms with E-state index >= 15 is 0 Å². The van der Waals surface area contributed by atoms with Gasteiger partial charge >= 0.3 is 0 Å². The monoisotopic (exact) mass is 409 g/mol. The van der Waals surface area contributed by atoms with E-state index in [4.69, 9.17) is 9.47 Å². The van der Waals surface area contributed by atoms with E-state index in [9.17, 15) is 4.79 Å². The van der Waals surface area contributed by atoms with Crippen LogP contribution in [0.4, 0.5) is 0 Å². The molecular formula is C24H31N3O3. The van der Waals surface area contributed by atoms with Crippen molar-refractivity contribution in [1.82, 2.24) is 14.7 Å². The largest absolute Gasteiger partial charge is 0.491 e. The predicted molar refractivity (Wildman–Crippen MR) is 117 cm³/mol. The number of para-hydroxylation sites is 1. The Kier molecular flexibility index (Phi) is 6.55. The van der Waals surface area contributed by atoms with Gasteiger partial charge in [-0.25, -0.2) is 0 Å². The average molecular weight is 410 g/mol. The van der Waals surface area contributed by atoms with Crippen molar-refractivity contribution >= 4 is 5.91 Å². The Balaban J connectivity index is 1.42. The summed E-state index contributed by atoms with van der Waals surface area (Å²) in [4.78, 5) is 19.6. The van der Waals surface area contributed by atoms with Gasteiger partial charge in [0.05, 0.1) is 6.04 Å². The normalized spacial score (nSPS) is 20.2. The van der Waals surface area contributed by atoms with Crippen LogP contribution < -0.4 is 9.47 Å². The van der Waals surface area contributed by atoms with Crippen LogP contribution in [0.25, 0.3) is 0 Å². The summed E-state index contributed by atoms with van der Waals surface area (Å²) < 4.78 is 11.7. The summed E-state index contributed by atoms with van der Waals surface area (Å²) in [5.74, 6) is 1.56. The van der Waals surface area contributed by atoms with Gasteiger partial charge in [-0.15, -0.1) is 0 Å². The number of nitrogens with zero attached hydrogens (tertiary/aromatic N) is 3. The molecule has 1 fully saturated rings. The molecule has 6 nitrogen and oxygen atoms in total. The molecule has 0 aliphatic carbocycles. The number of rotatable bonds is 5. The standard InChI is InChI=1S/C24H31N3O3/c1-19-17-30-23-9-8-20(15-26-12-10-25(2)11-13-26)14-21(23)16-27(19)24(28)18-29-22-6-4-3-5-7-22/h3-9,14,19H,10-13,15-18H2,1-2H3/t19-/m0/s1. The lowest BCUT2D eigenvalue weighted by Gasteiger charge is -2.32. The van der Waals surface area contributed by atoms with Crippen LogP contribution in [0.2, 0.25) is 0 Å².